The number of carbonyl (C=O) groups is 2. The fourth-order valence-electron chi connectivity index (χ4n) is 7.75. The van der Waals surface area contributed by atoms with E-state index in [0.717, 1.165) is 48.6 Å². The minimum atomic E-state index is -0.333. The molecule has 1 aliphatic carbocycles. The summed E-state index contributed by atoms with van der Waals surface area (Å²) in [6.07, 6.45) is 5.44. The number of fused-ring (bicyclic) bond motifs is 3. The van der Waals surface area contributed by atoms with Gasteiger partial charge in [-0.15, -0.1) is 0 Å². The number of halogens is 2. The molecule has 41 heavy (non-hydrogen) atoms. The second-order valence-corrected chi connectivity index (χ2v) is 13.9. The van der Waals surface area contributed by atoms with Gasteiger partial charge in [-0.1, -0.05) is 43.2 Å². The number of nitrogens with zero attached hydrogens (tertiary/aromatic N) is 3. The third-order valence-electron chi connectivity index (χ3n) is 10.1. The van der Waals surface area contributed by atoms with Crippen LogP contribution in [0.3, 0.4) is 0 Å². The molecule has 6 nitrogen and oxygen atoms in total. The number of piperazine rings is 1. The van der Waals surface area contributed by atoms with Gasteiger partial charge in [0.2, 0.25) is 11.8 Å². The average molecular weight is 577 g/mol. The molecule has 216 valence electrons. The number of carbonyl (C=O) groups excluding carboxylic acids is 2. The number of anilines is 1. The summed E-state index contributed by atoms with van der Waals surface area (Å²) in [5, 5.41) is 3.22. The Morgan fingerprint density at radius 3 is 2.44 bits per heavy atom. The van der Waals surface area contributed by atoms with Gasteiger partial charge in [-0.3, -0.25) is 24.7 Å². The molecule has 8 heteroatoms. The van der Waals surface area contributed by atoms with Crippen LogP contribution in [0.25, 0.3) is 5.57 Å². The number of hydrogen-bond donors (Lipinski definition) is 1. The molecule has 0 radical (unpaired) electrons. The lowest BCUT2D eigenvalue weighted by Crippen LogP contribution is -2.69. The molecule has 2 aromatic carbocycles. The largest absolute Gasteiger partial charge is 0.366 e. The number of rotatable bonds is 5. The highest BCUT2D eigenvalue weighted by Gasteiger charge is 2.46. The summed E-state index contributed by atoms with van der Waals surface area (Å²) in [5.41, 5.74) is 7.32. The van der Waals surface area contributed by atoms with E-state index in [1.165, 1.54) is 24.0 Å². The third kappa shape index (κ3) is 5.10. The van der Waals surface area contributed by atoms with Gasteiger partial charge < -0.3 is 4.90 Å². The van der Waals surface area contributed by atoms with Crippen molar-refractivity contribution in [2.45, 2.75) is 83.6 Å². The third-order valence-corrected chi connectivity index (χ3v) is 10.4. The molecular weight excluding hydrogens is 539 g/mol. The molecule has 1 N–H and O–H groups in total. The molecule has 0 saturated carbocycles. The van der Waals surface area contributed by atoms with Crippen molar-refractivity contribution in [3.05, 3.63) is 69.5 Å². The molecule has 6 aliphatic rings. The Morgan fingerprint density at radius 2 is 1.73 bits per heavy atom. The van der Waals surface area contributed by atoms with Crippen molar-refractivity contribution < 1.29 is 14.0 Å². The number of benzene rings is 2. The van der Waals surface area contributed by atoms with Crippen LogP contribution in [0.4, 0.5) is 10.1 Å². The molecule has 8 rings (SSSR count). The van der Waals surface area contributed by atoms with Crippen LogP contribution in [0, 0.1) is 11.2 Å². The molecule has 2 aromatic rings. The van der Waals surface area contributed by atoms with Crippen molar-refractivity contribution in [2.24, 2.45) is 5.41 Å². The first-order valence-corrected chi connectivity index (χ1v) is 15.4. The van der Waals surface area contributed by atoms with E-state index in [1.807, 2.05) is 18.2 Å². The van der Waals surface area contributed by atoms with Crippen LogP contribution >= 0.6 is 11.6 Å². The van der Waals surface area contributed by atoms with Crippen LogP contribution in [-0.4, -0.2) is 59.4 Å². The van der Waals surface area contributed by atoms with Gasteiger partial charge in [0, 0.05) is 56.3 Å². The molecule has 0 spiro atoms. The second kappa shape index (κ2) is 10.2. The highest BCUT2D eigenvalue weighted by Crippen LogP contribution is 2.45. The maximum atomic E-state index is 15.5. The molecule has 5 aliphatic heterocycles. The molecule has 2 bridgehead atoms. The molecule has 0 aromatic heterocycles. The van der Waals surface area contributed by atoms with E-state index < -0.39 is 0 Å². The summed E-state index contributed by atoms with van der Waals surface area (Å²) in [6, 6.07) is 12.5. The first-order chi connectivity index (χ1) is 19.6. The van der Waals surface area contributed by atoms with Crippen molar-refractivity contribution in [3.8, 4) is 0 Å². The van der Waals surface area contributed by atoms with Gasteiger partial charge >= 0.3 is 0 Å². The standard InChI is InChI=1S/C33H38ClFN4O2/c1-33(2)10-9-21(27(14-33)20-3-5-24(34)6-4-20)17-39-25-13-26(39)19-38(18-25)30-12-23-16-37(15-22(23)11-28(30)35)29-7-8-31(40)36-32(29)41/h3-6,11-12,25-26,29H,7-10,13-19H2,1-2H3,(H,36,40,41). The zero-order chi connectivity index (χ0) is 28.5. The van der Waals surface area contributed by atoms with Gasteiger partial charge in [-0.05, 0) is 84.0 Å². The van der Waals surface area contributed by atoms with Gasteiger partial charge in [-0.25, -0.2) is 4.39 Å². The van der Waals surface area contributed by atoms with Crippen LogP contribution in [0.5, 0.6) is 0 Å². The fourth-order valence-corrected chi connectivity index (χ4v) is 7.88. The number of piperidine rings is 2. The van der Waals surface area contributed by atoms with Crippen LogP contribution in [-0.2, 0) is 22.7 Å². The normalized spacial score (nSPS) is 28.0. The van der Waals surface area contributed by atoms with Crippen molar-refractivity contribution in [3.63, 3.8) is 0 Å². The minimum Gasteiger partial charge on any atom is -0.366 e. The Hall–Kier alpha value is -2.74. The molecule has 5 heterocycles. The quantitative estimate of drug-likeness (QED) is 0.475. The lowest BCUT2D eigenvalue weighted by Gasteiger charge is -2.57. The zero-order valence-electron chi connectivity index (χ0n) is 23.9. The van der Waals surface area contributed by atoms with E-state index in [1.54, 1.807) is 11.6 Å². The maximum Gasteiger partial charge on any atom is 0.243 e. The fraction of sp³-hybridized carbons (Fsp3) is 0.515. The van der Waals surface area contributed by atoms with Crippen LogP contribution < -0.4 is 10.2 Å². The predicted molar refractivity (Wildman–Crippen MR) is 159 cm³/mol. The minimum absolute atomic E-state index is 0.177. The van der Waals surface area contributed by atoms with Crippen molar-refractivity contribution in [1.82, 2.24) is 15.1 Å². The molecular formula is C33H38ClFN4O2. The topological polar surface area (TPSA) is 55.9 Å². The van der Waals surface area contributed by atoms with E-state index in [9.17, 15) is 9.59 Å². The van der Waals surface area contributed by atoms with Crippen molar-refractivity contribution >= 4 is 34.7 Å². The van der Waals surface area contributed by atoms with Gasteiger partial charge in [0.25, 0.3) is 0 Å². The Balaban J connectivity index is 1.05. The Morgan fingerprint density at radius 1 is 1.02 bits per heavy atom. The maximum absolute atomic E-state index is 15.5. The monoisotopic (exact) mass is 576 g/mol. The number of imide groups is 1. The van der Waals surface area contributed by atoms with Gasteiger partial charge in [0.1, 0.15) is 5.82 Å². The number of nitrogens with one attached hydrogen (secondary N) is 1. The van der Waals surface area contributed by atoms with Gasteiger partial charge in [0.15, 0.2) is 0 Å². The van der Waals surface area contributed by atoms with E-state index >= 15 is 4.39 Å². The first-order valence-electron chi connectivity index (χ1n) is 15.0. The van der Waals surface area contributed by atoms with Crippen LogP contribution in [0.2, 0.25) is 5.02 Å². The zero-order valence-corrected chi connectivity index (χ0v) is 24.6. The first kappa shape index (κ1) is 27.1. The summed E-state index contributed by atoms with van der Waals surface area (Å²) >= 11 is 6.20. The summed E-state index contributed by atoms with van der Waals surface area (Å²) in [7, 11) is 0. The van der Waals surface area contributed by atoms with Gasteiger partial charge in [0.05, 0.1) is 11.7 Å². The molecule has 2 amide bonds. The van der Waals surface area contributed by atoms with Crippen LogP contribution in [0.1, 0.15) is 69.1 Å². The van der Waals surface area contributed by atoms with E-state index in [2.05, 4.69) is 46.0 Å². The van der Waals surface area contributed by atoms with E-state index in [4.69, 9.17) is 11.6 Å². The highest BCUT2D eigenvalue weighted by atomic mass is 35.5. The molecule has 3 atom stereocenters. The van der Waals surface area contributed by atoms with E-state index in [-0.39, 0.29) is 23.7 Å². The molecule has 4 fully saturated rings. The summed E-state index contributed by atoms with van der Waals surface area (Å²) in [5.74, 6) is -0.621. The Bertz CT molecular complexity index is 1430. The smallest absolute Gasteiger partial charge is 0.243 e. The average Bonchev–Trinajstić information content (AvgIpc) is 3.34. The number of hydrogen-bond acceptors (Lipinski definition) is 5. The lowest BCUT2D eigenvalue weighted by molar-refractivity contribution is -0.137. The Kier molecular flexibility index (Phi) is 6.75. The summed E-state index contributed by atoms with van der Waals surface area (Å²) < 4.78 is 15.5. The molecule has 4 saturated heterocycles. The summed E-state index contributed by atoms with van der Waals surface area (Å²) in [4.78, 5) is 31.0. The number of amides is 2. The van der Waals surface area contributed by atoms with Gasteiger partial charge in [-0.2, -0.15) is 0 Å². The number of allylic oxidation sites excluding steroid dienone is 1. The lowest BCUT2D eigenvalue weighted by atomic mass is 9.72. The predicted octanol–water partition coefficient (Wildman–Crippen LogP) is 5.53. The molecule has 3 unspecified atom stereocenters. The van der Waals surface area contributed by atoms with Crippen molar-refractivity contribution in [2.75, 3.05) is 24.5 Å². The van der Waals surface area contributed by atoms with Crippen LogP contribution in [0.15, 0.2) is 42.0 Å². The van der Waals surface area contributed by atoms with Crippen molar-refractivity contribution in [1.29, 1.82) is 0 Å². The second-order valence-electron chi connectivity index (χ2n) is 13.5. The Labute approximate surface area is 246 Å². The highest BCUT2D eigenvalue weighted by molar-refractivity contribution is 6.30. The SMILES string of the molecule is CC1(C)CCC(CN2C3CC2CN(c2cc4c(cc2F)CN(C2CCC(=O)NC2=O)C4)C3)=C(c2ccc(Cl)cc2)C1. The van der Waals surface area contributed by atoms with E-state index in [0.29, 0.717) is 49.1 Å². The summed E-state index contributed by atoms with van der Waals surface area (Å²) in [6.45, 7) is 8.54.